The summed E-state index contributed by atoms with van der Waals surface area (Å²) in [5.41, 5.74) is 17.3. The van der Waals surface area contributed by atoms with E-state index in [9.17, 15) is 4.79 Å². The van der Waals surface area contributed by atoms with E-state index >= 15 is 0 Å². The van der Waals surface area contributed by atoms with Gasteiger partial charge in [0.2, 0.25) is 0 Å². The Morgan fingerprint density at radius 1 is 1.00 bits per heavy atom. The molecule has 2 aliphatic rings. The second-order valence-corrected chi connectivity index (χ2v) is 9.49. The normalized spacial score (nSPS) is 14.7. The Balaban J connectivity index is 1.26. The van der Waals surface area contributed by atoms with Gasteiger partial charge in [0.15, 0.2) is 0 Å². The number of aryl methyl sites for hydroxylation is 1. The molecule has 1 amide bonds. The molecule has 5 heteroatoms. The molecule has 186 valence electrons. The maximum Gasteiger partial charge on any atom is 0.407 e. The number of rotatable bonds is 7. The van der Waals surface area contributed by atoms with Crippen LogP contribution in [0.3, 0.4) is 0 Å². The van der Waals surface area contributed by atoms with Gasteiger partial charge in [0, 0.05) is 36.9 Å². The van der Waals surface area contributed by atoms with Gasteiger partial charge in [-0.25, -0.2) is 4.79 Å². The Hall–Kier alpha value is -3.57. The Morgan fingerprint density at radius 3 is 2.33 bits per heavy atom. The van der Waals surface area contributed by atoms with Crippen LogP contribution in [0.25, 0.3) is 11.1 Å². The van der Waals surface area contributed by atoms with Crippen molar-refractivity contribution < 1.29 is 9.53 Å². The van der Waals surface area contributed by atoms with Gasteiger partial charge < -0.3 is 20.7 Å². The Kier molecular flexibility index (Phi) is 7.10. The van der Waals surface area contributed by atoms with Crippen molar-refractivity contribution in [3.63, 3.8) is 0 Å². The summed E-state index contributed by atoms with van der Waals surface area (Å²) < 4.78 is 5.71. The number of carbonyl (C=O) groups is 1. The first-order chi connectivity index (χ1) is 17.6. The highest BCUT2D eigenvalue weighted by Gasteiger charge is 2.29. The first kappa shape index (κ1) is 24.1. The fourth-order valence-corrected chi connectivity index (χ4v) is 5.77. The van der Waals surface area contributed by atoms with Crippen LogP contribution in [0.1, 0.15) is 54.9 Å². The molecular formula is C31H35N3O2. The van der Waals surface area contributed by atoms with E-state index in [4.69, 9.17) is 10.5 Å². The molecule has 1 aliphatic heterocycles. The quantitative estimate of drug-likeness (QED) is 0.427. The molecule has 3 N–H and O–H groups in total. The largest absolute Gasteiger partial charge is 0.449 e. The third kappa shape index (κ3) is 4.51. The molecule has 0 unspecified atom stereocenters. The number of nitrogens with one attached hydrogen (secondary N) is 1. The smallest absolute Gasteiger partial charge is 0.407 e. The van der Waals surface area contributed by atoms with Crippen LogP contribution in [-0.4, -0.2) is 25.8 Å². The lowest BCUT2D eigenvalue weighted by Crippen LogP contribution is -2.29. The summed E-state index contributed by atoms with van der Waals surface area (Å²) in [5.74, 6) is 0.0583. The fraction of sp³-hybridized carbons (Fsp3) is 0.323. The van der Waals surface area contributed by atoms with Crippen molar-refractivity contribution in [2.45, 2.75) is 45.6 Å². The van der Waals surface area contributed by atoms with Crippen molar-refractivity contribution >= 4 is 11.8 Å². The van der Waals surface area contributed by atoms with E-state index in [0.717, 1.165) is 31.4 Å². The predicted octanol–water partition coefficient (Wildman–Crippen LogP) is 6.12. The van der Waals surface area contributed by atoms with Crippen molar-refractivity contribution in [1.82, 2.24) is 5.32 Å². The molecule has 0 aromatic heterocycles. The van der Waals surface area contributed by atoms with E-state index < -0.39 is 6.09 Å². The van der Waals surface area contributed by atoms with E-state index in [2.05, 4.69) is 78.7 Å². The SMILES string of the molecule is CCC1=C(CN)N(CC)c2cc(CNC(=O)OCC3c4ccccc4-c4ccccc43)ccc2CC1. The number of nitrogens with two attached hydrogens (primary N) is 1. The molecule has 0 radical (unpaired) electrons. The molecule has 0 atom stereocenters. The number of nitrogens with zero attached hydrogens (tertiary/aromatic N) is 1. The van der Waals surface area contributed by atoms with Crippen molar-refractivity contribution in [2.24, 2.45) is 5.73 Å². The van der Waals surface area contributed by atoms with E-state index in [1.165, 1.54) is 44.8 Å². The van der Waals surface area contributed by atoms with Gasteiger partial charge in [0.25, 0.3) is 0 Å². The van der Waals surface area contributed by atoms with Crippen molar-refractivity contribution in [2.75, 3.05) is 24.6 Å². The Bertz CT molecular complexity index is 1250. The van der Waals surface area contributed by atoms with Gasteiger partial charge in [0.05, 0.1) is 0 Å². The van der Waals surface area contributed by atoms with Crippen LogP contribution in [0.4, 0.5) is 10.5 Å². The second-order valence-electron chi connectivity index (χ2n) is 9.49. The van der Waals surface area contributed by atoms with E-state index in [1.807, 2.05) is 12.1 Å². The molecular weight excluding hydrogens is 446 g/mol. The lowest BCUT2D eigenvalue weighted by molar-refractivity contribution is 0.142. The molecule has 0 saturated heterocycles. The molecule has 3 aromatic rings. The number of likely N-dealkylation sites (N-methyl/N-ethyl adjacent to an activating group) is 1. The molecule has 0 bridgehead atoms. The molecule has 3 aromatic carbocycles. The predicted molar refractivity (Wildman–Crippen MR) is 146 cm³/mol. The zero-order valence-corrected chi connectivity index (χ0v) is 21.2. The van der Waals surface area contributed by atoms with Crippen LogP contribution < -0.4 is 16.0 Å². The number of allylic oxidation sites excluding steroid dienone is 1. The molecule has 5 rings (SSSR count). The van der Waals surface area contributed by atoms with E-state index in [0.29, 0.717) is 19.7 Å². The highest BCUT2D eigenvalue weighted by Crippen LogP contribution is 2.44. The van der Waals surface area contributed by atoms with Gasteiger partial charge in [-0.1, -0.05) is 67.6 Å². The Labute approximate surface area is 214 Å². The molecule has 1 aliphatic carbocycles. The molecule has 0 spiro atoms. The topological polar surface area (TPSA) is 67.6 Å². The number of anilines is 1. The molecule has 0 fully saturated rings. The monoisotopic (exact) mass is 481 g/mol. The second kappa shape index (κ2) is 10.6. The van der Waals surface area contributed by atoms with Crippen LogP contribution in [0.5, 0.6) is 0 Å². The average molecular weight is 482 g/mol. The van der Waals surface area contributed by atoms with Crippen LogP contribution in [0.2, 0.25) is 0 Å². The van der Waals surface area contributed by atoms with Gasteiger partial charge in [-0.2, -0.15) is 0 Å². The standard InChI is InChI=1S/C31H35N3O2/c1-3-22-15-16-23-14-13-21(17-29(23)34(4-2)30(22)18-32)19-33-31(35)36-20-28-26-11-7-5-9-24(26)25-10-6-8-12-27(25)28/h5-14,17,28H,3-4,15-16,18-20,32H2,1-2H3,(H,33,35). The molecule has 0 saturated carbocycles. The van der Waals surface area contributed by atoms with E-state index in [-0.39, 0.29) is 5.92 Å². The van der Waals surface area contributed by atoms with Crippen molar-refractivity contribution in [1.29, 1.82) is 0 Å². The van der Waals surface area contributed by atoms with Gasteiger partial charge in [0.1, 0.15) is 6.61 Å². The molecule has 1 heterocycles. The third-order valence-electron chi connectivity index (χ3n) is 7.59. The first-order valence-corrected chi connectivity index (χ1v) is 13.0. The number of amides is 1. The fourth-order valence-electron chi connectivity index (χ4n) is 5.77. The van der Waals surface area contributed by atoms with Gasteiger partial charge in [-0.05, 0) is 71.2 Å². The lowest BCUT2D eigenvalue weighted by atomic mass is 9.98. The highest BCUT2D eigenvalue weighted by molar-refractivity contribution is 5.79. The van der Waals surface area contributed by atoms with Gasteiger partial charge >= 0.3 is 6.09 Å². The number of carbonyl (C=O) groups excluding carboxylic acids is 1. The summed E-state index contributed by atoms with van der Waals surface area (Å²) in [6.07, 6.45) is 2.69. The van der Waals surface area contributed by atoms with Gasteiger partial charge in [-0.3, -0.25) is 0 Å². The van der Waals surface area contributed by atoms with Crippen molar-refractivity contribution in [3.8, 4) is 11.1 Å². The zero-order chi connectivity index (χ0) is 25.1. The first-order valence-electron chi connectivity index (χ1n) is 13.0. The number of ether oxygens (including phenoxy) is 1. The van der Waals surface area contributed by atoms with Crippen LogP contribution in [0, 0.1) is 0 Å². The number of hydrogen-bond acceptors (Lipinski definition) is 4. The van der Waals surface area contributed by atoms with Crippen LogP contribution >= 0.6 is 0 Å². The summed E-state index contributed by atoms with van der Waals surface area (Å²) in [5, 5.41) is 2.95. The zero-order valence-electron chi connectivity index (χ0n) is 21.2. The van der Waals surface area contributed by atoms with E-state index in [1.54, 1.807) is 0 Å². The summed E-state index contributed by atoms with van der Waals surface area (Å²) in [6, 6.07) is 23.2. The maximum absolute atomic E-state index is 12.7. The summed E-state index contributed by atoms with van der Waals surface area (Å²) in [6.45, 7) is 6.52. The minimum Gasteiger partial charge on any atom is -0.449 e. The molecule has 36 heavy (non-hydrogen) atoms. The molecule has 5 nitrogen and oxygen atoms in total. The number of fused-ring (bicyclic) bond motifs is 4. The summed E-state index contributed by atoms with van der Waals surface area (Å²) in [4.78, 5) is 15.0. The lowest BCUT2D eigenvalue weighted by Gasteiger charge is -2.28. The summed E-state index contributed by atoms with van der Waals surface area (Å²) >= 11 is 0. The average Bonchev–Trinajstić information content (AvgIpc) is 3.15. The minimum absolute atomic E-state index is 0.0583. The van der Waals surface area contributed by atoms with Crippen LogP contribution in [0.15, 0.2) is 78.0 Å². The van der Waals surface area contributed by atoms with Crippen LogP contribution in [-0.2, 0) is 17.7 Å². The Morgan fingerprint density at radius 2 is 1.69 bits per heavy atom. The van der Waals surface area contributed by atoms with Gasteiger partial charge in [-0.15, -0.1) is 0 Å². The highest BCUT2D eigenvalue weighted by atomic mass is 16.5. The summed E-state index contributed by atoms with van der Waals surface area (Å²) in [7, 11) is 0. The van der Waals surface area contributed by atoms with Crippen molar-refractivity contribution in [3.05, 3.63) is 100 Å². The number of benzene rings is 3. The number of hydrogen-bond donors (Lipinski definition) is 2. The third-order valence-corrected chi connectivity index (χ3v) is 7.59. The maximum atomic E-state index is 12.7. The minimum atomic E-state index is -0.394. The number of alkyl carbamates (subject to hydrolysis) is 1.